The maximum atomic E-state index is 13.0. The quantitative estimate of drug-likeness (QED) is 0.561. The van der Waals surface area contributed by atoms with Gasteiger partial charge >= 0.3 is 5.97 Å². The van der Waals surface area contributed by atoms with E-state index in [-0.39, 0.29) is 0 Å². The molecule has 0 bridgehead atoms. The van der Waals surface area contributed by atoms with Crippen LogP contribution >= 0.6 is 0 Å². The minimum Gasteiger partial charge on any atom is -0.463 e. The highest BCUT2D eigenvalue weighted by molar-refractivity contribution is 6.34. The number of hydrogen-bond donors (Lipinski definition) is 0. The summed E-state index contributed by atoms with van der Waals surface area (Å²) in [4.78, 5) is 21.8. The molecule has 0 fully saturated rings. The molecule has 0 spiro atoms. The molecule has 1 aromatic carbocycles. The first-order valence-corrected chi connectivity index (χ1v) is 4.10. The Balaban J connectivity index is 2.90. The summed E-state index contributed by atoms with van der Waals surface area (Å²) < 4.78 is 30.2. The van der Waals surface area contributed by atoms with Gasteiger partial charge in [-0.05, 0) is 12.1 Å². The minimum atomic E-state index is -1.11. The Labute approximate surface area is 84.7 Å². The van der Waals surface area contributed by atoms with Crippen molar-refractivity contribution in [3.8, 4) is 0 Å². The van der Waals surface area contributed by atoms with Crippen molar-refractivity contribution >= 4 is 11.8 Å². The van der Waals surface area contributed by atoms with Crippen molar-refractivity contribution in [1.82, 2.24) is 0 Å². The van der Waals surface area contributed by atoms with Crippen LogP contribution in [0.5, 0.6) is 0 Å². The second-order valence-electron chi connectivity index (χ2n) is 2.79. The van der Waals surface area contributed by atoms with Gasteiger partial charge in [-0.1, -0.05) is 6.07 Å². The molecule has 0 aliphatic rings. The van der Waals surface area contributed by atoms with Crippen LogP contribution in [0.2, 0.25) is 0 Å². The molecule has 0 saturated heterocycles. The van der Waals surface area contributed by atoms with E-state index in [0.717, 1.165) is 19.2 Å². The maximum Gasteiger partial charge on any atom is 0.374 e. The third-order valence-corrected chi connectivity index (χ3v) is 1.81. The van der Waals surface area contributed by atoms with Gasteiger partial charge in [-0.2, -0.15) is 0 Å². The maximum absolute atomic E-state index is 13.0. The highest BCUT2D eigenvalue weighted by Crippen LogP contribution is 2.12. The van der Waals surface area contributed by atoms with Crippen molar-refractivity contribution < 1.29 is 23.1 Å². The molecule has 0 saturated carbocycles. The van der Waals surface area contributed by atoms with E-state index < -0.39 is 35.4 Å². The average molecular weight is 214 g/mol. The van der Waals surface area contributed by atoms with Crippen LogP contribution in [0, 0.1) is 11.6 Å². The first-order chi connectivity index (χ1) is 7.06. The standard InChI is InChI=1S/C10H8F2O3/c1-15-10(14)9(13)5-6-7(11)3-2-4-8(6)12/h2-4H,5H2,1H3. The van der Waals surface area contributed by atoms with Crippen LogP contribution < -0.4 is 0 Å². The smallest absolute Gasteiger partial charge is 0.374 e. The van der Waals surface area contributed by atoms with Crippen LogP contribution in [0.3, 0.4) is 0 Å². The van der Waals surface area contributed by atoms with Crippen LogP contribution in [0.25, 0.3) is 0 Å². The number of methoxy groups -OCH3 is 1. The lowest BCUT2D eigenvalue weighted by molar-refractivity contribution is -0.151. The Kier molecular flexibility index (Phi) is 3.49. The van der Waals surface area contributed by atoms with Gasteiger partial charge in [0.05, 0.1) is 7.11 Å². The first-order valence-electron chi connectivity index (χ1n) is 4.10. The van der Waals surface area contributed by atoms with Crippen LogP contribution in [0.1, 0.15) is 5.56 Å². The molecular weight excluding hydrogens is 206 g/mol. The van der Waals surface area contributed by atoms with Crippen molar-refractivity contribution in [2.24, 2.45) is 0 Å². The number of ether oxygens (including phenoxy) is 1. The normalized spacial score (nSPS) is 9.80. The number of carbonyl (C=O) groups is 2. The lowest BCUT2D eigenvalue weighted by Gasteiger charge is -2.02. The summed E-state index contributed by atoms with van der Waals surface area (Å²) in [5.74, 6) is -3.81. The average Bonchev–Trinajstić information content (AvgIpc) is 2.22. The van der Waals surface area contributed by atoms with Crippen LogP contribution in [0.15, 0.2) is 18.2 Å². The highest BCUT2D eigenvalue weighted by Gasteiger charge is 2.19. The Hall–Kier alpha value is -1.78. The van der Waals surface area contributed by atoms with Crippen molar-refractivity contribution in [1.29, 1.82) is 0 Å². The van der Waals surface area contributed by atoms with Crippen molar-refractivity contribution in [3.05, 3.63) is 35.4 Å². The number of ketones is 1. The molecule has 3 nitrogen and oxygen atoms in total. The molecule has 1 rings (SSSR count). The predicted molar refractivity (Wildman–Crippen MR) is 47.1 cm³/mol. The van der Waals surface area contributed by atoms with Crippen molar-refractivity contribution in [2.75, 3.05) is 7.11 Å². The number of rotatable bonds is 3. The molecule has 0 heterocycles. The van der Waals surface area contributed by atoms with Gasteiger partial charge in [0.25, 0.3) is 0 Å². The van der Waals surface area contributed by atoms with Gasteiger partial charge in [0.2, 0.25) is 5.78 Å². The molecule has 1 aromatic rings. The van der Waals surface area contributed by atoms with Crippen LogP contribution in [0.4, 0.5) is 8.78 Å². The number of esters is 1. The number of benzene rings is 1. The largest absolute Gasteiger partial charge is 0.463 e. The summed E-state index contributed by atoms with van der Waals surface area (Å²) >= 11 is 0. The molecule has 15 heavy (non-hydrogen) atoms. The van der Waals surface area contributed by atoms with Gasteiger partial charge < -0.3 is 4.74 Å². The fourth-order valence-electron chi connectivity index (χ4n) is 1.05. The monoisotopic (exact) mass is 214 g/mol. The molecule has 0 N–H and O–H groups in total. The summed E-state index contributed by atoms with van der Waals surface area (Å²) in [6.07, 6.45) is -0.634. The van der Waals surface area contributed by atoms with Crippen molar-refractivity contribution in [3.63, 3.8) is 0 Å². The zero-order chi connectivity index (χ0) is 11.4. The fourth-order valence-corrected chi connectivity index (χ4v) is 1.05. The highest BCUT2D eigenvalue weighted by atomic mass is 19.1. The molecule has 0 aliphatic carbocycles. The molecule has 80 valence electrons. The first kappa shape index (κ1) is 11.3. The zero-order valence-corrected chi connectivity index (χ0v) is 7.92. The van der Waals surface area contributed by atoms with E-state index in [9.17, 15) is 18.4 Å². The van der Waals surface area contributed by atoms with Gasteiger partial charge in [0.1, 0.15) is 11.6 Å². The second-order valence-corrected chi connectivity index (χ2v) is 2.79. The third kappa shape index (κ3) is 2.59. The van der Waals surface area contributed by atoms with E-state index in [2.05, 4.69) is 4.74 Å². The number of halogens is 2. The summed E-state index contributed by atoms with van der Waals surface area (Å²) in [6, 6.07) is 3.21. The van der Waals surface area contributed by atoms with Crippen molar-refractivity contribution in [2.45, 2.75) is 6.42 Å². The zero-order valence-electron chi connectivity index (χ0n) is 7.92. The Bertz CT molecular complexity index is 381. The van der Waals surface area contributed by atoms with Crippen LogP contribution in [-0.2, 0) is 20.7 Å². The summed E-state index contributed by atoms with van der Waals surface area (Å²) in [7, 11) is 1.03. The van der Waals surface area contributed by atoms with E-state index in [0.29, 0.717) is 0 Å². The van der Waals surface area contributed by atoms with Gasteiger partial charge in [-0.15, -0.1) is 0 Å². The minimum absolute atomic E-state index is 0.423. The Morgan fingerprint density at radius 1 is 1.27 bits per heavy atom. The van der Waals surface area contributed by atoms with E-state index in [1.165, 1.54) is 6.07 Å². The molecule has 0 amide bonds. The molecular formula is C10H8F2O3. The SMILES string of the molecule is COC(=O)C(=O)Cc1c(F)cccc1F. The summed E-state index contributed by atoms with van der Waals surface area (Å²) in [6.45, 7) is 0. The van der Waals surface area contributed by atoms with E-state index in [1.54, 1.807) is 0 Å². The lowest BCUT2D eigenvalue weighted by Crippen LogP contribution is -2.19. The molecule has 0 unspecified atom stereocenters. The van der Waals surface area contributed by atoms with Gasteiger partial charge in [-0.3, -0.25) is 4.79 Å². The number of carbonyl (C=O) groups excluding carboxylic acids is 2. The number of Topliss-reactive ketones (excluding diaryl/α,β-unsaturated/α-hetero) is 1. The molecule has 5 heteroatoms. The Morgan fingerprint density at radius 2 is 1.80 bits per heavy atom. The van der Waals surface area contributed by atoms with Gasteiger partial charge in [0.15, 0.2) is 0 Å². The summed E-state index contributed by atoms with van der Waals surface area (Å²) in [5, 5.41) is 0. The Morgan fingerprint density at radius 3 is 2.27 bits per heavy atom. The van der Waals surface area contributed by atoms with Gasteiger partial charge in [0, 0.05) is 12.0 Å². The second kappa shape index (κ2) is 4.63. The third-order valence-electron chi connectivity index (χ3n) is 1.81. The van der Waals surface area contributed by atoms with E-state index in [1.807, 2.05) is 0 Å². The van der Waals surface area contributed by atoms with Crippen LogP contribution in [-0.4, -0.2) is 18.9 Å². The topological polar surface area (TPSA) is 43.4 Å². The molecule has 0 radical (unpaired) electrons. The fraction of sp³-hybridized carbons (Fsp3) is 0.200. The van der Waals surface area contributed by atoms with E-state index in [4.69, 9.17) is 0 Å². The molecule has 0 aromatic heterocycles. The molecule has 0 atom stereocenters. The molecule has 0 aliphatic heterocycles. The predicted octanol–water partition coefficient (Wildman–Crippen LogP) is 1.25. The summed E-state index contributed by atoms with van der Waals surface area (Å²) in [5.41, 5.74) is -0.423. The lowest BCUT2D eigenvalue weighted by atomic mass is 10.1. The van der Waals surface area contributed by atoms with E-state index >= 15 is 0 Å². The number of hydrogen-bond acceptors (Lipinski definition) is 3. The van der Waals surface area contributed by atoms with Gasteiger partial charge in [-0.25, -0.2) is 13.6 Å².